The molecule has 0 spiro atoms. The standard InChI is InChI=1S/C24H26F7N3O4S/c1-21(2,32)13-33-20(35)12-15-11-17(25)6-8-19(15)39(37,38)34-9-3-4-14-10-16(5-7-18(14)34)22(36,23(26,27)28)24(29,30)31/h5-8,10-11,36H,3-4,9,12-13,32H2,1-2H3,(H,33,35). The highest BCUT2D eigenvalue weighted by molar-refractivity contribution is 7.92. The number of nitrogens with one attached hydrogen (secondary N) is 1. The van der Waals surface area contributed by atoms with Gasteiger partial charge in [0.15, 0.2) is 0 Å². The third-order valence-corrected chi connectivity index (χ3v) is 7.99. The van der Waals surface area contributed by atoms with Gasteiger partial charge in [-0.1, -0.05) is 12.1 Å². The molecule has 15 heteroatoms. The molecular weight excluding hydrogens is 559 g/mol. The second-order valence-corrected chi connectivity index (χ2v) is 11.8. The Balaban J connectivity index is 2.04. The number of alkyl halides is 6. The van der Waals surface area contributed by atoms with E-state index in [1.165, 1.54) is 0 Å². The molecule has 2 aromatic carbocycles. The Labute approximate surface area is 219 Å². The van der Waals surface area contributed by atoms with E-state index in [1.807, 2.05) is 0 Å². The summed E-state index contributed by atoms with van der Waals surface area (Å²) in [4.78, 5) is 11.9. The summed E-state index contributed by atoms with van der Waals surface area (Å²) >= 11 is 0. The van der Waals surface area contributed by atoms with E-state index >= 15 is 0 Å². The van der Waals surface area contributed by atoms with Gasteiger partial charge in [-0.25, -0.2) is 12.8 Å². The molecule has 0 saturated heterocycles. The summed E-state index contributed by atoms with van der Waals surface area (Å²) in [6, 6.07) is 4.21. The number of halogens is 7. The molecule has 1 aliphatic rings. The van der Waals surface area contributed by atoms with Crippen LogP contribution in [0.3, 0.4) is 0 Å². The lowest BCUT2D eigenvalue weighted by Crippen LogP contribution is -2.54. The van der Waals surface area contributed by atoms with Crippen LogP contribution in [0.25, 0.3) is 0 Å². The largest absolute Gasteiger partial charge is 0.430 e. The molecular formula is C24H26F7N3O4S. The van der Waals surface area contributed by atoms with E-state index in [-0.39, 0.29) is 42.7 Å². The maximum atomic E-state index is 14.0. The number of amides is 1. The minimum atomic E-state index is -6.11. The third kappa shape index (κ3) is 6.14. The lowest BCUT2D eigenvalue weighted by molar-refractivity contribution is -0.376. The van der Waals surface area contributed by atoms with Crippen LogP contribution in [0, 0.1) is 5.82 Å². The van der Waals surface area contributed by atoms with Crippen LogP contribution < -0.4 is 15.4 Å². The molecule has 0 bridgehead atoms. The van der Waals surface area contributed by atoms with Crippen LogP contribution in [-0.2, 0) is 33.3 Å². The second-order valence-electron chi connectivity index (χ2n) is 9.92. The number of carbonyl (C=O) groups is 1. The zero-order valence-corrected chi connectivity index (χ0v) is 21.6. The number of nitrogens with two attached hydrogens (primary N) is 1. The van der Waals surface area contributed by atoms with Crippen molar-refractivity contribution in [3.05, 3.63) is 58.9 Å². The fourth-order valence-corrected chi connectivity index (χ4v) is 5.89. The summed E-state index contributed by atoms with van der Waals surface area (Å²) in [5, 5.41) is 12.2. The van der Waals surface area contributed by atoms with E-state index in [0.717, 1.165) is 28.6 Å². The number of anilines is 1. The first-order chi connectivity index (χ1) is 17.7. The Bertz CT molecular complexity index is 1340. The Morgan fingerprint density at radius 1 is 1.05 bits per heavy atom. The van der Waals surface area contributed by atoms with Crippen LogP contribution in [0.2, 0.25) is 0 Å². The van der Waals surface area contributed by atoms with Crippen molar-refractivity contribution in [1.82, 2.24) is 5.32 Å². The van der Waals surface area contributed by atoms with Gasteiger partial charge in [-0.05, 0) is 62.1 Å². The van der Waals surface area contributed by atoms with Gasteiger partial charge in [0.25, 0.3) is 15.6 Å². The fraction of sp³-hybridized carbons (Fsp3) is 0.458. The fourth-order valence-electron chi connectivity index (χ4n) is 4.14. The average Bonchev–Trinajstić information content (AvgIpc) is 2.79. The smallest absolute Gasteiger partial charge is 0.369 e. The van der Waals surface area contributed by atoms with Crippen molar-refractivity contribution in [3.63, 3.8) is 0 Å². The van der Waals surface area contributed by atoms with Crippen LogP contribution in [0.15, 0.2) is 41.3 Å². The summed E-state index contributed by atoms with van der Waals surface area (Å²) in [6.07, 6.45) is -12.8. The van der Waals surface area contributed by atoms with Gasteiger partial charge >= 0.3 is 12.4 Å². The number of sulfonamides is 1. The van der Waals surface area contributed by atoms with Crippen molar-refractivity contribution in [1.29, 1.82) is 0 Å². The topological polar surface area (TPSA) is 113 Å². The lowest BCUT2D eigenvalue weighted by Gasteiger charge is -2.35. The van der Waals surface area contributed by atoms with Crippen LogP contribution in [0.4, 0.5) is 36.4 Å². The van der Waals surface area contributed by atoms with Crippen molar-refractivity contribution in [2.45, 2.75) is 61.5 Å². The number of fused-ring (bicyclic) bond motifs is 1. The maximum Gasteiger partial charge on any atom is 0.430 e. The van der Waals surface area contributed by atoms with Crippen LogP contribution >= 0.6 is 0 Å². The summed E-state index contributed by atoms with van der Waals surface area (Å²) < 4.78 is 122. The number of aliphatic hydroxyl groups is 1. The Morgan fingerprint density at radius 3 is 2.23 bits per heavy atom. The van der Waals surface area contributed by atoms with Crippen molar-refractivity contribution in [2.75, 3.05) is 17.4 Å². The van der Waals surface area contributed by atoms with Gasteiger partial charge in [0.05, 0.1) is 17.0 Å². The van der Waals surface area contributed by atoms with Crippen LogP contribution in [-0.4, -0.2) is 50.4 Å². The van der Waals surface area contributed by atoms with Crippen LogP contribution in [0.1, 0.15) is 37.0 Å². The quantitative estimate of drug-likeness (QED) is 0.430. The van der Waals surface area contributed by atoms with E-state index in [1.54, 1.807) is 13.8 Å². The van der Waals surface area contributed by atoms with Crippen molar-refractivity contribution in [3.8, 4) is 0 Å². The molecule has 1 amide bonds. The van der Waals surface area contributed by atoms with E-state index in [4.69, 9.17) is 5.73 Å². The minimum absolute atomic E-state index is 0.0226. The molecule has 1 heterocycles. The zero-order chi connectivity index (χ0) is 29.6. The van der Waals surface area contributed by atoms with E-state index in [9.17, 15) is 49.1 Å². The SMILES string of the molecule is CC(C)(N)CNC(=O)Cc1cc(F)ccc1S(=O)(=O)N1CCCc2cc(C(O)(C(F)(F)F)C(F)(F)F)ccc21. The zero-order valence-electron chi connectivity index (χ0n) is 20.8. The Morgan fingerprint density at radius 2 is 1.67 bits per heavy atom. The van der Waals surface area contributed by atoms with Gasteiger partial charge in [-0.15, -0.1) is 0 Å². The summed E-state index contributed by atoms with van der Waals surface area (Å²) in [5.74, 6) is -1.49. The number of hydrogen-bond donors (Lipinski definition) is 3. The molecule has 0 atom stereocenters. The molecule has 7 nitrogen and oxygen atoms in total. The van der Waals surface area contributed by atoms with Gasteiger partial charge in [-0.2, -0.15) is 26.3 Å². The summed E-state index contributed by atoms with van der Waals surface area (Å²) in [5.41, 5.74) is -2.26. The molecule has 0 aromatic heterocycles. The van der Waals surface area contributed by atoms with Gasteiger partial charge in [0, 0.05) is 24.2 Å². The molecule has 0 unspecified atom stereocenters. The molecule has 0 aliphatic carbocycles. The van der Waals surface area contributed by atoms with E-state index in [2.05, 4.69) is 5.32 Å². The van der Waals surface area contributed by atoms with Crippen molar-refractivity contribution >= 4 is 21.6 Å². The van der Waals surface area contributed by atoms with Gasteiger partial charge < -0.3 is 16.2 Å². The first-order valence-electron chi connectivity index (χ1n) is 11.5. The molecule has 3 rings (SSSR count). The van der Waals surface area contributed by atoms with Gasteiger partial charge in [-0.3, -0.25) is 9.10 Å². The molecule has 216 valence electrons. The monoisotopic (exact) mass is 585 g/mol. The van der Waals surface area contributed by atoms with Crippen LogP contribution in [0.5, 0.6) is 0 Å². The number of nitrogens with zero attached hydrogens (tertiary/aromatic N) is 1. The van der Waals surface area contributed by atoms with Gasteiger partial charge in [0.2, 0.25) is 5.91 Å². The second kappa shape index (κ2) is 10.2. The number of hydrogen-bond acceptors (Lipinski definition) is 5. The minimum Gasteiger partial charge on any atom is -0.369 e. The highest BCUT2D eigenvalue weighted by Crippen LogP contribution is 2.51. The van der Waals surface area contributed by atoms with E-state index < -0.39 is 62.1 Å². The molecule has 39 heavy (non-hydrogen) atoms. The molecule has 1 aliphatic heterocycles. The van der Waals surface area contributed by atoms with Gasteiger partial charge in [0.1, 0.15) is 5.82 Å². The number of carbonyl (C=O) groups excluding carboxylic acids is 1. The van der Waals surface area contributed by atoms with Crippen molar-refractivity contribution < 1.29 is 49.1 Å². The average molecular weight is 586 g/mol. The first-order valence-corrected chi connectivity index (χ1v) is 13.0. The summed E-state index contributed by atoms with van der Waals surface area (Å²) in [7, 11) is -4.56. The Hall–Kier alpha value is -2.91. The molecule has 2 aromatic rings. The highest BCUT2D eigenvalue weighted by atomic mass is 32.2. The number of rotatable bonds is 7. The molecule has 0 fully saturated rings. The predicted molar refractivity (Wildman–Crippen MR) is 127 cm³/mol. The lowest BCUT2D eigenvalue weighted by atomic mass is 9.89. The molecule has 0 saturated carbocycles. The number of benzene rings is 2. The first kappa shape index (κ1) is 30.6. The highest BCUT2D eigenvalue weighted by Gasteiger charge is 2.71. The third-order valence-electron chi connectivity index (χ3n) is 6.08. The maximum absolute atomic E-state index is 14.0. The molecule has 0 radical (unpaired) electrons. The number of aryl methyl sites for hydroxylation is 1. The van der Waals surface area contributed by atoms with Crippen molar-refractivity contribution in [2.24, 2.45) is 5.73 Å². The molecule has 4 N–H and O–H groups in total. The predicted octanol–water partition coefficient (Wildman–Crippen LogP) is 3.68. The normalized spacial score (nSPS) is 15.2. The van der Waals surface area contributed by atoms with E-state index in [0.29, 0.717) is 12.1 Å². The summed E-state index contributed by atoms with van der Waals surface area (Å²) in [6.45, 7) is 3.11. The Kier molecular flexibility index (Phi) is 8.05.